The number of benzene rings is 1. The lowest BCUT2D eigenvalue weighted by Crippen LogP contribution is -2.41. The second-order valence-corrected chi connectivity index (χ2v) is 4.99. The molecule has 0 spiro atoms. The van der Waals surface area contributed by atoms with Crippen molar-refractivity contribution in [2.24, 2.45) is 0 Å². The fourth-order valence-corrected chi connectivity index (χ4v) is 2.35. The van der Waals surface area contributed by atoms with Crippen LogP contribution in [-0.2, 0) is 9.59 Å². The van der Waals surface area contributed by atoms with E-state index >= 15 is 0 Å². The van der Waals surface area contributed by atoms with Crippen LogP contribution in [0, 0.1) is 20.8 Å². The standard InChI is InChI=1S/C15H19NO4/c1-8-5-9(2)14(10(3)6-8)13(18)7-12(15(19)20)16-11(4)17/h5-6,12H,7H2,1-4H3,(H,16,17)(H,19,20). The minimum Gasteiger partial charge on any atom is -0.480 e. The van der Waals surface area contributed by atoms with Gasteiger partial charge in [0.1, 0.15) is 6.04 Å². The van der Waals surface area contributed by atoms with Crippen molar-refractivity contribution in [3.8, 4) is 0 Å². The Labute approximate surface area is 118 Å². The second-order valence-electron chi connectivity index (χ2n) is 4.99. The zero-order valence-corrected chi connectivity index (χ0v) is 12.1. The van der Waals surface area contributed by atoms with E-state index in [2.05, 4.69) is 5.32 Å². The predicted octanol–water partition coefficient (Wildman–Crippen LogP) is 1.77. The average Bonchev–Trinajstić information content (AvgIpc) is 2.25. The highest BCUT2D eigenvalue weighted by Gasteiger charge is 2.24. The van der Waals surface area contributed by atoms with Crippen LogP contribution in [0.15, 0.2) is 12.1 Å². The molecule has 0 heterocycles. The summed E-state index contributed by atoms with van der Waals surface area (Å²) in [5.74, 6) is -1.96. The maximum atomic E-state index is 12.3. The number of rotatable bonds is 5. The molecule has 2 N–H and O–H groups in total. The summed E-state index contributed by atoms with van der Waals surface area (Å²) >= 11 is 0. The topological polar surface area (TPSA) is 83.5 Å². The minimum atomic E-state index is -1.21. The number of hydrogen-bond donors (Lipinski definition) is 2. The Morgan fingerprint density at radius 2 is 1.65 bits per heavy atom. The van der Waals surface area contributed by atoms with E-state index in [0.29, 0.717) is 5.56 Å². The fraction of sp³-hybridized carbons (Fsp3) is 0.400. The van der Waals surface area contributed by atoms with Crippen LogP contribution < -0.4 is 5.32 Å². The molecular formula is C15H19NO4. The van der Waals surface area contributed by atoms with Crippen molar-refractivity contribution in [1.82, 2.24) is 5.32 Å². The highest BCUT2D eigenvalue weighted by Crippen LogP contribution is 2.19. The molecule has 0 saturated carbocycles. The van der Waals surface area contributed by atoms with Gasteiger partial charge in [0.2, 0.25) is 5.91 Å². The van der Waals surface area contributed by atoms with Gasteiger partial charge >= 0.3 is 5.97 Å². The number of Topliss-reactive ketones (excluding diaryl/α,β-unsaturated/α-hetero) is 1. The Hall–Kier alpha value is -2.17. The molecule has 1 unspecified atom stereocenters. The molecule has 0 radical (unpaired) electrons. The molecular weight excluding hydrogens is 258 g/mol. The summed E-state index contributed by atoms with van der Waals surface area (Å²) in [6.07, 6.45) is -0.250. The van der Waals surface area contributed by atoms with Gasteiger partial charge in [0, 0.05) is 18.9 Å². The Morgan fingerprint density at radius 3 is 2.05 bits per heavy atom. The molecule has 0 aliphatic heterocycles. The Kier molecular flexibility index (Phi) is 5.02. The molecule has 0 fully saturated rings. The first-order valence-corrected chi connectivity index (χ1v) is 6.33. The number of ketones is 1. The molecule has 0 aliphatic carbocycles. The van der Waals surface area contributed by atoms with Crippen LogP contribution in [0.4, 0.5) is 0 Å². The van der Waals surface area contributed by atoms with Gasteiger partial charge in [-0.25, -0.2) is 4.79 Å². The van der Waals surface area contributed by atoms with E-state index in [1.54, 1.807) is 0 Å². The van der Waals surface area contributed by atoms with E-state index in [9.17, 15) is 14.4 Å². The molecule has 0 aromatic heterocycles. The van der Waals surface area contributed by atoms with Crippen molar-refractivity contribution in [1.29, 1.82) is 0 Å². The van der Waals surface area contributed by atoms with Gasteiger partial charge in [0.05, 0.1) is 0 Å². The third kappa shape index (κ3) is 3.91. The van der Waals surface area contributed by atoms with Crippen LogP contribution >= 0.6 is 0 Å². The van der Waals surface area contributed by atoms with Gasteiger partial charge < -0.3 is 10.4 Å². The van der Waals surface area contributed by atoms with Crippen LogP contribution in [0.5, 0.6) is 0 Å². The quantitative estimate of drug-likeness (QED) is 0.803. The number of carboxylic acid groups (broad SMARTS) is 1. The molecule has 5 nitrogen and oxygen atoms in total. The molecule has 0 aliphatic rings. The molecule has 108 valence electrons. The molecule has 1 rings (SSSR count). The SMILES string of the molecule is CC(=O)NC(CC(=O)c1c(C)cc(C)cc1C)C(=O)O. The fourth-order valence-electron chi connectivity index (χ4n) is 2.35. The minimum absolute atomic E-state index is 0.250. The van der Waals surface area contributed by atoms with Gasteiger partial charge in [0.15, 0.2) is 5.78 Å². The van der Waals surface area contributed by atoms with Crippen LogP contribution in [0.2, 0.25) is 0 Å². The zero-order valence-electron chi connectivity index (χ0n) is 12.1. The molecule has 1 amide bonds. The maximum absolute atomic E-state index is 12.3. The first-order valence-electron chi connectivity index (χ1n) is 6.33. The van der Waals surface area contributed by atoms with E-state index in [1.165, 1.54) is 6.92 Å². The zero-order chi connectivity index (χ0) is 15.4. The molecule has 0 saturated heterocycles. The van der Waals surface area contributed by atoms with Gasteiger partial charge in [-0.05, 0) is 31.9 Å². The highest BCUT2D eigenvalue weighted by molar-refractivity contribution is 6.01. The summed E-state index contributed by atoms with van der Waals surface area (Å²) in [4.78, 5) is 34.3. The van der Waals surface area contributed by atoms with E-state index in [-0.39, 0.29) is 12.2 Å². The van der Waals surface area contributed by atoms with Crippen LogP contribution in [0.3, 0.4) is 0 Å². The molecule has 0 bridgehead atoms. The van der Waals surface area contributed by atoms with Gasteiger partial charge in [-0.3, -0.25) is 9.59 Å². The van der Waals surface area contributed by atoms with E-state index in [0.717, 1.165) is 16.7 Å². The van der Waals surface area contributed by atoms with Crippen molar-refractivity contribution < 1.29 is 19.5 Å². The van der Waals surface area contributed by atoms with Crippen LogP contribution in [0.25, 0.3) is 0 Å². The highest BCUT2D eigenvalue weighted by atomic mass is 16.4. The number of nitrogens with one attached hydrogen (secondary N) is 1. The van der Waals surface area contributed by atoms with Gasteiger partial charge in [-0.1, -0.05) is 17.7 Å². The van der Waals surface area contributed by atoms with Gasteiger partial charge in [-0.2, -0.15) is 0 Å². The number of carbonyl (C=O) groups excluding carboxylic acids is 2. The lowest BCUT2D eigenvalue weighted by Gasteiger charge is -2.15. The number of amides is 1. The molecule has 1 atom stereocenters. The number of carbonyl (C=O) groups is 3. The monoisotopic (exact) mass is 277 g/mol. The number of hydrogen-bond acceptors (Lipinski definition) is 3. The summed E-state index contributed by atoms with van der Waals surface area (Å²) in [5, 5.41) is 11.3. The number of aliphatic carboxylic acids is 1. The second kappa shape index (κ2) is 6.32. The van der Waals surface area contributed by atoms with E-state index in [4.69, 9.17) is 5.11 Å². The Morgan fingerprint density at radius 1 is 1.15 bits per heavy atom. The molecule has 1 aromatic carbocycles. The Balaban J connectivity index is 3.01. The summed E-state index contributed by atoms with van der Waals surface area (Å²) in [6, 6.07) is 2.57. The van der Waals surface area contributed by atoms with Crippen molar-refractivity contribution in [2.75, 3.05) is 0 Å². The van der Waals surface area contributed by atoms with Crippen LogP contribution in [0.1, 0.15) is 40.4 Å². The average molecular weight is 277 g/mol. The summed E-state index contributed by atoms with van der Waals surface area (Å²) in [6.45, 7) is 6.80. The first kappa shape index (κ1) is 15.9. The number of carboxylic acids is 1. The van der Waals surface area contributed by atoms with Crippen molar-refractivity contribution >= 4 is 17.7 Å². The largest absolute Gasteiger partial charge is 0.480 e. The van der Waals surface area contributed by atoms with Gasteiger partial charge in [-0.15, -0.1) is 0 Å². The third-order valence-electron chi connectivity index (χ3n) is 3.02. The summed E-state index contributed by atoms with van der Waals surface area (Å²) in [5.41, 5.74) is 3.22. The molecule has 1 aromatic rings. The van der Waals surface area contributed by atoms with E-state index < -0.39 is 17.9 Å². The molecule has 5 heteroatoms. The van der Waals surface area contributed by atoms with Crippen molar-refractivity contribution in [3.63, 3.8) is 0 Å². The van der Waals surface area contributed by atoms with E-state index in [1.807, 2.05) is 32.9 Å². The van der Waals surface area contributed by atoms with Crippen molar-refractivity contribution in [2.45, 2.75) is 40.2 Å². The Bertz CT molecular complexity index is 540. The lowest BCUT2D eigenvalue weighted by atomic mass is 9.93. The first-order chi connectivity index (χ1) is 9.22. The molecule has 20 heavy (non-hydrogen) atoms. The van der Waals surface area contributed by atoms with Crippen LogP contribution in [-0.4, -0.2) is 28.8 Å². The lowest BCUT2D eigenvalue weighted by molar-refractivity contribution is -0.141. The van der Waals surface area contributed by atoms with Gasteiger partial charge in [0.25, 0.3) is 0 Å². The smallest absolute Gasteiger partial charge is 0.326 e. The normalized spacial score (nSPS) is 11.8. The maximum Gasteiger partial charge on any atom is 0.326 e. The number of aryl methyl sites for hydroxylation is 3. The summed E-state index contributed by atoms with van der Waals surface area (Å²) in [7, 11) is 0. The van der Waals surface area contributed by atoms with Crippen molar-refractivity contribution in [3.05, 3.63) is 34.4 Å². The predicted molar refractivity (Wildman–Crippen MR) is 74.8 cm³/mol. The summed E-state index contributed by atoms with van der Waals surface area (Å²) < 4.78 is 0. The third-order valence-corrected chi connectivity index (χ3v) is 3.02.